The van der Waals surface area contributed by atoms with E-state index >= 15 is 0 Å². The van der Waals surface area contributed by atoms with Crippen molar-refractivity contribution in [1.29, 1.82) is 0 Å². The first kappa shape index (κ1) is 25.6. The highest BCUT2D eigenvalue weighted by atomic mass is 16.5. The molecule has 194 valence electrons. The van der Waals surface area contributed by atoms with Gasteiger partial charge in [-0.05, 0) is 53.4 Å². The zero-order valence-corrected chi connectivity index (χ0v) is 21.2. The van der Waals surface area contributed by atoms with Gasteiger partial charge in [0.1, 0.15) is 0 Å². The fourth-order valence-electron chi connectivity index (χ4n) is 4.46. The summed E-state index contributed by atoms with van der Waals surface area (Å²) in [6, 6.07) is 7.92. The first-order valence-corrected chi connectivity index (χ1v) is 12.3. The average Bonchev–Trinajstić information content (AvgIpc) is 3.52. The summed E-state index contributed by atoms with van der Waals surface area (Å²) in [7, 11) is 3.25. The zero-order chi connectivity index (χ0) is 25.5. The number of methoxy groups -OCH3 is 2. The van der Waals surface area contributed by atoms with Crippen LogP contribution in [-0.2, 0) is 40.5 Å². The molecule has 0 atom stereocenters. The maximum absolute atomic E-state index is 12.6. The van der Waals surface area contributed by atoms with Gasteiger partial charge in [-0.2, -0.15) is 0 Å². The van der Waals surface area contributed by atoms with Crippen molar-refractivity contribution in [3.63, 3.8) is 0 Å². The fraction of sp³-hybridized carbons (Fsp3) is 0.481. The summed E-state index contributed by atoms with van der Waals surface area (Å²) >= 11 is 0. The summed E-state index contributed by atoms with van der Waals surface area (Å²) < 4.78 is 27.9. The minimum Gasteiger partial charge on any atom is -0.493 e. The number of hydrogen-bond acceptors (Lipinski definition) is 8. The van der Waals surface area contributed by atoms with Gasteiger partial charge in [-0.25, -0.2) is 0 Å². The van der Waals surface area contributed by atoms with E-state index in [0.29, 0.717) is 50.8 Å². The minimum absolute atomic E-state index is 0.0735. The van der Waals surface area contributed by atoms with Crippen LogP contribution in [0.3, 0.4) is 0 Å². The van der Waals surface area contributed by atoms with Crippen LogP contribution in [0, 0.1) is 0 Å². The number of carbonyl (C=O) groups excluding carboxylic acids is 2. The van der Waals surface area contributed by atoms with Crippen molar-refractivity contribution in [1.82, 2.24) is 10.2 Å². The molecular formula is C27H34N2O7. The van der Waals surface area contributed by atoms with Gasteiger partial charge in [0.2, 0.25) is 5.91 Å². The van der Waals surface area contributed by atoms with Gasteiger partial charge >= 0.3 is 5.97 Å². The third kappa shape index (κ3) is 6.02. The fourth-order valence-corrected chi connectivity index (χ4v) is 4.46. The van der Waals surface area contributed by atoms with E-state index in [4.69, 9.17) is 23.7 Å². The molecule has 2 aliphatic rings. The van der Waals surface area contributed by atoms with Crippen LogP contribution in [0.25, 0.3) is 0 Å². The predicted octanol–water partition coefficient (Wildman–Crippen LogP) is 3.34. The van der Waals surface area contributed by atoms with Crippen LogP contribution in [0.2, 0.25) is 0 Å². The van der Waals surface area contributed by atoms with Crippen LogP contribution in [0.5, 0.6) is 23.0 Å². The molecule has 2 aromatic rings. The number of esters is 1. The molecule has 0 unspecified atom stereocenters. The second-order valence-corrected chi connectivity index (χ2v) is 8.75. The maximum Gasteiger partial charge on any atom is 0.306 e. The summed E-state index contributed by atoms with van der Waals surface area (Å²) in [5.41, 5.74) is 4.51. The molecule has 0 aromatic heterocycles. The van der Waals surface area contributed by atoms with Crippen LogP contribution in [-0.4, -0.2) is 50.8 Å². The van der Waals surface area contributed by atoms with Gasteiger partial charge < -0.3 is 33.9 Å². The van der Waals surface area contributed by atoms with Gasteiger partial charge in [0.25, 0.3) is 0 Å². The molecule has 36 heavy (non-hydrogen) atoms. The molecule has 0 fully saturated rings. The number of rotatable bonds is 12. The Morgan fingerprint density at radius 3 is 1.89 bits per heavy atom. The van der Waals surface area contributed by atoms with E-state index in [1.807, 2.05) is 24.3 Å². The monoisotopic (exact) mass is 498 g/mol. The number of amides is 1. The van der Waals surface area contributed by atoms with Crippen molar-refractivity contribution in [2.45, 2.75) is 52.4 Å². The quantitative estimate of drug-likeness (QED) is 0.352. The second-order valence-electron chi connectivity index (χ2n) is 8.75. The lowest BCUT2D eigenvalue weighted by atomic mass is 10.1. The molecule has 0 saturated heterocycles. The summed E-state index contributed by atoms with van der Waals surface area (Å²) in [5, 5.41) is 3.33. The molecule has 1 amide bonds. The zero-order valence-electron chi connectivity index (χ0n) is 21.2. The van der Waals surface area contributed by atoms with Gasteiger partial charge in [0.05, 0.1) is 40.5 Å². The van der Waals surface area contributed by atoms with Crippen LogP contribution in [0.1, 0.15) is 48.4 Å². The molecule has 4 rings (SSSR count). The highest BCUT2D eigenvalue weighted by molar-refractivity contribution is 5.82. The van der Waals surface area contributed by atoms with Gasteiger partial charge in [-0.3, -0.25) is 9.59 Å². The van der Waals surface area contributed by atoms with E-state index in [1.165, 1.54) is 11.1 Å². The van der Waals surface area contributed by atoms with Crippen molar-refractivity contribution in [2.75, 3.05) is 34.0 Å². The van der Waals surface area contributed by atoms with E-state index in [-0.39, 0.29) is 24.7 Å². The van der Waals surface area contributed by atoms with E-state index in [0.717, 1.165) is 35.7 Å². The molecule has 9 nitrogen and oxygen atoms in total. The van der Waals surface area contributed by atoms with E-state index in [1.54, 1.807) is 26.0 Å². The van der Waals surface area contributed by atoms with Crippen LogP contribution < -0.4 is 24.3 Å². The Labute approximate surface area is 211 Å². The lowest BCUT2D eigenvalue weighted by Gasteiger charge is -2.14. The minimum atomic E-state index is -0.351. The number of carbonyl (C=O) groups is 2. The van der Waals surface area contributed by atoms with Gasteiger partial charge in [-0.1, -0.05) is 0 Å². The molecular weight excluding hydrogens is 464 g/mol. The maximum atomic E-state index is 12.6. The van der Waals surface area contributed by atoms with E-state index in [2.05, 4.69) is 5.32 Å². The third-order valence-electron chi connectivity index (χ3n) is 6.33. The molecule has 0 bridgehead atoms. The Hall–Kier alpha value is -3.46. The number of nitrogens with one attached hydrogen (secondary N) is 1. The molecule has 9 heteroatoms. The number of benzene rings is 2. The largest absolute Gasteiger partial charge is 0.493 e. The summed E-state index contributed by atoms with van der Waals surface area (Å²) in [4.78, 5) is 25.9. The van der Waals surface area contributed by atoms with E-state index in [9.17, 15) is 9.59 Å². The Morgan fingerprint density at radius 1 is 0.806 bits per heavy atom. The highest BCUT2D eigenvalue weighted by Crippen LogP contribution is 2.36. The summed E-state index contributed by atoms with van der Waals surface area (Å²) in [6.45, 7) is 5.65. The molecule has 0 radical (unpaired) electrons. The Balaban J connectivity index is 1.28. The van der Waals surface area contributed by atoms with Crippen LogP contribution >= 0.6 is 0 Å². The van der Waals surface area contributed by atoms with Crippen molar-refractivity contribution in [3.8, 4) is 23.0 Å². The SMILES string of the molecule is CCOC(=O)CCC(=O)N1Cc2cc(OC)c(OCCCOc3cc4c(cc3OC)CNC4)cc2C1. The normalized spacial score (nSPS) is 13.7. The van der Waals surface area contributed by atoms with Gasteiger partial charge in [-0.15, -0.1) is 0 Å². The Morgan fingerprint density at radius 2 is 1.33 bits per heavy atom. The standard InChI is InChI=1S/C27H34N2O7/c1-4-34-27(31)7-6-26(30)29-16-20-12-23(33-3)25(13-21(20)17-29)36-9-5-8-35-24-11-19-15-28-14-18(19)10-22(24)32-2/h10-13,28H,4-9,14-17H2,1-3H3. The lowest BCUT2D eigenvalue weighted by Crippen LogP contribution is -2.25. The van der Waals surface area contributed by atoms with E-state index < -0.39 is 0 Å². The Kier molecular flexibility index (Phi) is 8.53. The topological polar surface area (TPSA) is 95.6 Å². The molecule has 0 saturated carbocycles. The van der Waals surface area contributed by atoms with Crippen molar-refractivity contribution < 1.29 is 33.3 Å². The molecule has 0 spiro atoms. The molecule has 2 aliphatic heterocycles. The third-order valence-corrected chi connectivity index (χ3v) is 6.33. The Bertz CT molecular complexity index is 1100. The number of hydrogen-bond donors (Lipinski definition) is 1. The predicted molar refractivity (Wildman–Crippen MR) is 132 cm³/mol. The molecule has 0 aliphatic carbocycles. The van der Waals surface area contributed by atoms with Crippen molar-refractivity contribution in [3.05, 3.63) is 46.5 Å². The second kappa shape index (κ2) is 12.0. The number of fused-ring (bicyclic) bond motifs is 2. The lowest BCUT2D eigenvalue weighted by molar-refractivity contribution is -0.145. The number of nitrogens with zero attached hydrogens (tertiary/aromatic N) is 1. The summed E-state index contributed by atoms with van der Waals surface area (Å²) in [5.74, 6) is 2.32. The molecule has 2 aromatic carbocycles. The van der Waals surface area contributed by atoms with Crippen molar-refractivity contribution >= 4 is 11.9 Å². The molecule has 1 N–H and O–H groups in total. The smallest absolute Gasteiger partial charge is 0.306 e. The summed E-state index contributed by atoms with van der Waals surface area (Å²) in [6.07, 6.45) is 0.906. The first-order valence-electron chi connectivity index (χ1n) is 12.3. The number of ether oxygens (including phenoxy) is 5. The van der Waals surface area contributed by atoms with Crippen LogP contribution in [0.15, 0.2) is 24.3 Å². The first-order chi connectivity index (χ1) is 17.5. The van der Waals surface area contributed by atoms with Gasteiger partial charge in [0, 0.05) is 39.0 Å². The van der Waals surface area contributed by atoms with Crippen molar-refractivity contribution in [2.24, 2.45) is 0 Å². The highest BCUT2D eigenvalue weighted by Gasteiger charge is 2.26. The molecule has 2 heterocycles. The van der Waals surface area contributed by atoms with Crippen LogP contribution in [0.4, 0.5) is 0 Å². The average molecular weight is 499 g/mol. The van der Waals surface area contributed by atoms with Gasteiger partial charge in [0.15, 0.2) is 23.0 Å².